The summed E-state index contributed by atoms with van der Waals surface area (Å²) in [6.45, 7) is 0. The molecule has 0 fully saturated rings. The van der Waals surface area contributed by atoms with E-state index in [0.29, 0.717) is 5.75 Å². The maximum absolute atomic E-state index is 9.78. The number of halogens is 2. The fourth-order valence-corrected chi connectivity index (χ4v) is 2.86. The fraction of sp³-hybridized carbons (Fsp3) is 0. The molecule has 2 aromatic rings. The summed E-state index contributed by atoms with van der Waals surface area (Å²) in [6.07, 6.45) is 0. The number of hydrogen-bond donors (Lipinski definition) is 1. The minimum Gasteiger partial charge on any atom is -0.507 e. The van der Waals surface area contributed by atoms with Gasteiger partial charge >= 0.3 is 0 Å². The lowest BCUT2D eigenvalue weighted by atomic mass is 9.80. The molecule has 2 aromatic carbocycles. The first-order chi connectivity index (χ1) is 7.20. The van der Waals surface area contributed by atoms with Gasteiger partial charge in [0.05, 0.1) is 0 Å². The highest BCUT2D eigenvalue weighted by Crippen LogP contribution is 2.55. The van der Waals surface area contributed by atoms with Gasteiger partial charge in [0.2, 0.25) is 0 Å². The third-order valence-electron chi connectivity index (χ3n) is 2.68. The molecule has 0 aromatic heterocycles. The molecule has 0 radical (unpaired) electrons. The lowest BCUT2D eigenvalue weighted by Gasteiger charge is -2.26. The van der Waals surface area contributed by atoms with Crippen LogP contribution in [-0.4, -0.2) is 5.11 Å². The second-order valence-electron chi connectivity index (χ2n) is 3.48. The highest BCUT2D eigenvalue weighted by atomic mass is 79.9. The second-order valence-corrected chi connectivity index (χ2v) is 5.13. The predicted octanol–water partition coefficient (Wildman–Crippen LogP) is 4.56. The molecular weight excluding hydrogens is 320 g/mol. The molecule has 0 saturated carbocycles. The molecule has 0 spiro atoms. The van der Waals surface area contributed by atoms with Gasteiger partial charge in [0.1, 0.15) is 5.75 Å². The number of benzene rings is 2. The van der Waals surface area contributed by atoms with E-state index in [0.717, 1.165) is 25.6 Å². The van der Waals surface area contributed by atoms with Gasteiger partial charge in [-0.3, -0.25) is 0 Å². The maximum Gasteiger partial charge on any atom is 0.124 e. The Morgan fingerprint density at radius 1 is 0.867 bits per heavy atom. The van der Waals surface area contributed by atoms with Crippen LogP contribution in [0.1, 0.15) is 0 Å². The molecule has 0 saturated heterocycles. The number of aromatic hydroxyl groups is 1. The lowest BCUT2D eigenvalue weighted by Crippen LogP contribution is -2.00. The summed E-state index contributed by atoms with van der Waals surface area (Å²) in [5.74, 6) is 0.346. The number of phenolic OH excluding ortho intramolecular Hbond substituents is 1. The Bertz CT molecular complexity index is 576. The normalized spacial score (nSPS) is 11.6. The van der Waals surface area contributed by atoms with Gasteiger partial charge in [-0.1, -0.05) is 18.2 Å². The summed E-state index contributed by atoms with van der Waals surface area (Å²) in [5.41, 5.74) is 4.35. The molecule has 0 atom stereocenters. The van der Waals surface area contributed by atoms with Gasteiger partial charge in [-0.25, -0.2) is 0 Å². The molecule has 15 heavy (non-hydrogen) atoms. The first-order valence-electron chi connectivity index (χ1n) is 4.51. The molecule has 74 valence electrons. The summed E-state index contributed by atoms with van der Waals surface area (Å²) in [6, 6.07) is 9.68. The SMILES string of the molecule is Oc1cccc2c1-c1c-2ccc(Br)c1Br. The summed E-state index contributed by atoms with van der Waals surface area (Å²) in [7, 11) is 0. The van der Waals surface area contributed by atoms with Crippen LogP contribution < -0.4 is 0 Å². The van der Waals surface area contributed by atoms with Gasteiger partial charge in [0.25, 0.3) is 0 Å². The quantitative estimate of drug-likeness (QED) is 0.642. The molecule has 3 rings (SSSR count). The molecule has 1 N–H and O–H groups in total. The summed E-state index contributed by atoms with van der Waals surface area (Å²) >= 11 is 6.99. The highest BCUT2D eigenvalue weighted by molar-refractivity contribution is 9.13. The zero-order valence-corrected chi connectivity index (χ0v) is 10.8. The largest absolute Gasteiger partial charge is 0.507 e. The van der Waals surface area contributed by atoms with E-state index in [1.807, 2.05) is 18.2 Å². The van der Waals surface area contributed by atoms with E-state index in [1.165, 1.54) is 5.56 Å². The van der Waals surface area contributed by atoms with E-state index in [1.54, 1.807) is 6.07 Å². The maximum atomic E-state index is 9.78. The van der Waals surface area contributed by atoms with E-state index in [-0.39, 0.29) is 0 Å². The van der Waals surface area contributed by atoms with Crippen LogP contribution in [0.15, 0.2) is 39.3 Å². The van der Waals surface area contributed by atoms with Crippen LogP contribution in [0.25, 0.3) is 22.3 Å². The van der Waals surface area contributed by atoms with Gasteiger partial charge < -0.3 is 5.11 Å². The van der Waals surface area contributed by atoms with Crippen molar-refractivity contribution in [3.8, 4) is 28.0 Å². The first-order valence-corrected chi connectivity index (χ1v) is 6.09. The van der Waals surface area contributed by atoms with Crippen molar-refractivity contribution in [3.63, 3.8) is 0 Å². The molecule has 0 heterocycles. The molecule has 1 aliphatic carbocycles. The van der Waals surface area contributed by atoms with Gasteiger partial charge in [0.15, 0.2) is 0 Å². The van der Waals surface area contributed by atoms with Crippen LogP contribution in [-0.2, 0) is 0 Å². The Labute approximate surface area is 104 Å². The van der Waals surface area contributed by atoms with Crippen molar-refractivity contribution in [2.45, 2.75) is 0 Å². The van der Waals surface area contributed by atoms with Gasteiger partial charge in [0, 0.05) is 20.1 Å². The topological polar surface area (TPSA) is 20.2 Å². The summed E-state index contributed by atoms with van der Waals surface area (Å²) in [5, 5.41) is 9.78. The van der Waals surface area contributed by atoms with E-state index in [2.05, 4.69) is 37.9 Å². The third-order valence-corrected chi connectivity index (χ3v) is 4.69. The number of fused-ring (bicyclic) bond motifs is 4. The van der Waals surface area contributed by atoms with Gasteiger partial charge in [-0.2, -0.15) is 0 Å². The zero-order chi connectivity index (χ0) is 10.6. The molecule has 0 bridgehead atoms. The fourth-order valence-electron chi connectivity index (χ4n) is 1.98. The van der Waals surface area contributed by atoms with Crippen LogP contribution in [0.4, 0.5) is 0 Å². The number of rotatable bonds is 0. The van der Waals surface area contributed by atoms with Crippen LogP contribution in [0.5, 0.6) is 5.75 Å². The molecule has 0 amide bonds. The smallest absolute Gasteiger partial charge is 0.124 e. The number of hydrogen-bond acceptors (Lipinski definition) is 1. The Balaban J connectivity index is 2.36. The van der Waals surface area contributed by atoms with Crippen LogP contribution >= 0.6 is 31.9 Å². The highest BCUT2D eigenvalue weighted by Gasteiger charge is 2.28. The Hall–Kier alpha value is -0.800. The molecule has 3 heteroatoms. The lowest BCUT2D eigenvalue weighted by molar-refractivity contribution is 0.477. The van der Waals surface area contributed by atoms with Crippen molar-refractivity contribution in [2.75, 3.05) is 0 Å². The molecule has 1 aliphatic rings. The number of phenols is 1. The summed E-state index contributed by atoms with van der Waals surface area (Å²) < 4.78 is 2.02. The Morgan fingerprint density at radius 3 is 2.40 bits per heavy atom. The zero-order valence-electron chi connectivity index (χ0n) is 7.59. The molecule has 1 nitrogen and oxygen atoms in total. The van der Waals surface area contributed by atoms with Crippen molar-refractivity contribution in [2.24, 2.45) is 0 Å². The summed E-state index contributed by atoms with van der Waals surface area (Å²) in [4.78, 5) is 0. The van der Waals surface area contributed by atoms with Crippen molar-refractivity contribution >= 4 is 31.9 Å². The first kappa shape index (κ1) is 9.43. The average molecular weight is 326 g/mol. The van der Waals surface area contributed by atoms with E-state index in [4.69, 9.17) is 0 Å². The van der Waals surface area contributed by atoms with Gasteiger partial charge in [-0.15, -0.1) is 0 Å². The average Bonchev–Trinajstić information content (AvgIpc) is 2.18. The standard InChI is InChI=1S/C12H6Br2O/c13-8-5-4-7-6-2-1-3-9(15)10(6)11(7)12(8)14/h1-5,15H. The van der Waals surface area contributed by atoms with E-state index < -0.39 is 0 Å². The minimum absolute atomic E-state index is 0.346. The Morgan fingerprint density at radius 2 is 1.60 bits per heavy atom. The van der Waals surface area contributed by atoms with Crippen LogP contribution in [0, 0.1) is 0 Å². The Kier molecular flexibility index (Phi) is 1.94. The van der Waals surface area contributed by atoms with Gasteiger partial charge in [-0.05, 0) is 55.1 Å². The monoisotopic (exact) mass is 324 g/mol. The molecular formula is C12H6Br2O. The van der Waals surface area contributed by atoms with Crippen molar-refractivity contribution in [3.05, 3.63) is 39.3 Å². The predicted molar refractivity (Wildman–Crippen MR) is 67.9 cm³/mol. The third kappa shape index (κ3) is 1.13. The minimum atomic E-state index is 0.346. The van der Waals surface area contributed by atoms with E-state index >= 15 is 0 Å². The van der Waals surface area contributed by atoms with E-state index in [9.17, 15) is 5.11 Å². The van der Waals surface area contributed by atoms with Crippen molar-refractivity contribution in [1.29, 1.82) is 0 Å². The van der Waals surface area contributed by atoms with Crippen LogP contribution in [0.2, 0.25) is 0 Å². The van der Waals surface area contributed by atoms with Crippen molar-refractivity contribution in [1.82, 2.24) is 0 Å². The second kappa shape index (κ2) is 3.09. The van der Waals surface area contributed by atoms with Crippen LogP contribution in [0.3, 0.4) is 0 Å². The molecule has 0 unspecified atom stereocenters. The molecule has 0 aliphatic heterocycles. The van der Waals surface area contributed by atoms with Crippen molar-refractivity contribution < 1.29 is 5.11 Å².